The van der Waals surface area contributed by atoms with Crippen molar-refractivity contribution in [3.05, 3.63) is 42.0 Å². The average Bonchev–Trinajstić information content (AvgIpc) is 2.28. The summed E-state index contributed by atoms with van der Waals surface area (Å²) in [5.41, 5.74) is 5.70. The van der Waals surface area contributed by atoms with E-state index >= 15 is 0 Å². The van der Waals surface area contributed by atoms with Crippen molar-refractivity contribution in [3.8, 4) is 0 Å². The van der Waals surface area contributed by atoms with E-state index in [1.54, 1.807) is 18.2 Å². The van der Waals surface area contributed by atoms with E-state index in [4.69, 9.17) is 10.9 Å². The molecule has 2 rings (SSSR count). The van der Waals surface area contributed by atoms with Gasteiger partial charge in [-0.3, -0.25) is 4.98 Å². The molecule has 76 valence electrons. The lowest BCUT2D eigenvalue weighted by molar-refractivity contribution is 0.318. The lowest BCUT2D eigenvalue weighted by atomic mass is 10.1. The number of rotatable bonds is 1. The maximum Gasteiger partial charge on any atom is 0.189 e. The number of benzene rings is 1. The van der Waals surface area contributed by atoms with E-state index in [0.29, 0.717) is 10.8 Å². The molecule has 3 N–H and O–H groups in total. The van der Waals surface area contributed by atoms with Crippen LogP contribution in [-0.2, 0) is 0 Å². The van der Waals surface area contributed by atoms with E-state index in [-0.39, 0.29) is 17.3 Å². The van der Waals surface area contributed by atoms with Crippen LogP contribution in [0.4, 0.5) is 4.39 Å². The van der Waals surface area contributed by atoms with E-state index in [9.17, 15) is 4.39 Å². The number of hydrogen-bond acceptors (Lipinski definition) is 3. The van der Waals surface area contributed by atoms with E-state index in [2.05, 4.69) is 10.1 Å². The number of aromatic nitrogens is 1. The molecule has 0 spiro atoms. The molecule has 0 amide bonds. The summed E-state index contributed by atoms with van der Waals surface area (Å²) >= 11 is 0. The summed E-state index contributed by atoms with van der Waals surface area (Å²) in [6.45, 7) is 0. The van der Waals surface area contributed by atoms with Gasteiger partial charge in [0.1, 0.15) is 11.5 Å². The van der Waals surface area contributed by atoms with Gasteiger partial charge >= 0.3 is 0 Å². The van der Waals surface area contributed by atoms with Gasteiger partial charge in [0.05, 0.1) is 0 Å². The van der Waals surface area contributed by atoms with E-state index in [1.807, 2.05) is 0 Å². The van der Waals surface area contributed by atoms with Gasteiger partial charge in [-0.15, -0.1) is 0 Å². The fourth-order valence-corrected chi connectivity index (χ4v) is 1.42. The quantitative estimate of drug-likeness (QED) is 0.320. The maximum absolute atomic E-state index is 13.4. The second-order valence-electron chi connectivity index (χ2n) is 2.98. The minimum Gasteiger partial charge on any atom is -0.409 e. The topological polar surface area (TPSA) is 71.5 Å². The Kier molecular flexibility index (Phi) is 2.21. The van der Waals surface area contributed by atoms with Crippen molar-refractivity contribution in [2.75, 3.05) is 0 Å². The van der Waals surface area contributed by atoms with Crippen molar-refractivity contribution in [1.82, 2.24) is 4.98 Å². The zero-order valence-electron chi connectivity index (χ0n) is 7.68. The molecule has 0 aliphatic rings. The minimum absolute atomic E-state index is 0.133. The molecule has 1 aromatic heterocycles. The second kappa shape index (κ2) is 3.53. The van der Waals surface area contributed by atoms with Gasteiger partial charge in [-0.05, 0) is 12.1 Å². The predicted octanol–water partition coefficient (Wildman–Crippen LogP) is 1.47. The first-order valence-corrected chi connectivity index (χ1v) is 4.25. The highest BCUT2D eigenvalue weighted by atomic mass is 19.1. The first-order chi connectivity index (χ1) is 7.24. The molecule has 0 aliphatic carbocycles. The number of nitrogens with zero attached hydrogens (tertiary/aromatic N) is 2. The van der Waals surface area contributed by atoms with Crippen LogP contribution >= 0.6 is 0 Å². The third-order valence-corrected chi connectivity index (χ3v) is 2.10. The molecule has 0 aliphatic heterocycles. The van der Waals surface area contributed by atoms with Gasteiger partial charge in [0.15, 0.2) is 5.84 Å². The van der Waals surface area contributed by atoms with E-state index < -0.39 is 0 Å². The zero-order valence-corrected chi connectivity index (χ0v) is 7.68. The average molecular weight is 205 g/mol. The molecule has 5 heteroatoms. The molecule has 2 aromatic rings. The van der Waals surface area contributed by atoms with Crippen LogP contribution in [0.3, 0.4) is 0 Å². The summed E-state index contributed by atoms with van der Waals surface area (Å²) in [4.78, 5) is 3.94. The Morgan fingerprint density at radius 3 is 2.87 bits per heavy atom. The minimum atomic E-state index is -0.359. The van der Waals surface area contributed by atoms with Gasteiger partial charge in [0.25, 0.3) is 0 Å². The maximum atomic E-state index is 13.4. The van der Waals surface area contributed by atoms with E-state index in [0.717, 1.165) is 0 Å². The summed E-state index contributed by atoms with van der Waals surface area (Å²) in [7, 11) is 0. The van der Waals surface area contributed by atoms with Gasteiger partial charge in [-0.1, -0.05) is 17.3 Å². The Labute approximate surface area is 84.8 Å². The predicted molar refractivity (Wildman–Crippen MR) is 54.2 cm³/mol. The highest BCUT2D eigenvalue weighted by Gasteiger charge is 2.08. The second-order valence-corrected chi connectivity index (χ2v) is 2.98. The molecule has 0 bridgehead atoms. The fourth-order valence-electron chi connectivity index (χ4n) is 1.42. The van der Waals surface area contributed by atoms with Crippen molar-refractivity contribution in [2.24, 2.45) is 10.9 Å². The largest absolute Gasteiger partial charge is 0.409 e. The monoisotopic (exact) mass is 205 g/mol. The van der Waals surface area contributed by atoms with Crippen LogP contribution in [0, 0.1) is 5.82 Å². The van der Waals surface area contributed by atoms with Gasteiger partial charge in [-0.2, -0.15) is 0 Å². The van der Waals surface area contributed by atoms with Gasteiger partial charge in [0.2, 0.25) is 0 Å². The van der Waals surface area contributed by atoms with Crippen molar-refractivity contribution in [1.29, 1.82) is 0 Å². The van der Waals surface area contributed by atoms with Gasteiger partial charge in [-0.25, -0.2) is 4.39 Å². The molecule has 0 saturated carbocycles. The smallest absolute Gasteiger partial charge is 0.189 e. The molecular formula is C10H8FN3O. The molecule has 0 atom stereocenters. The Morgan fingerprint density at radius 1 is 1.33 bits per heavy atom. The SMILES string of the molecule is NC(=NO)c1nccc2c(F)cccc12. The molecular weight excluding hydrogens is 197 g/mol. The van der Waals surface area contributed by atoms with Crippen LogP contribution in [0.2, 0.25) is 0 Å². The van der Waals surface area contributed by atoms with E-state index in [1.165, 1.54) is 12.3 Å². The molecule has 0 radical (unpaired) electrons. The number of nitrogens with two attached hydrogens (primary N) is 1. The molecule has 15 heavy (non-hydrogen) atoms. The molecule has 1 aromatic carbocycles. The van der Waals surface area contributed by atoms with Crippen LogP contribution in [0.25, 0.3) is 10.8 Å². The standard InChI is InChI=1S/C10H8FN3O/c11-8-3-1-2-7-6(8)4-5-13-9(7)10(12)14-15/h1-5,15H,(H2,12,14). The van der Waals surface area contributed by atoms with Crippen molar-refractivity contribution in [3.63, 3.8) is 0 Å². The Morgan fingerprint density at radius 2 is 2.13 bits per heavy atom. The lowest BCUT2D eigenvalue weighted by Crippen LogP contribution is -2.15. The zero-order chi connectivity index (χ0) is 10.8. The Balaban J connectivity index is 2.83. The van der Waals surface area contributed by atoms with Gasteiger partial charge < -0.3 is 10.9 Å². The van der Waals surface area contributed by atoms with Crippen LogP contribution in [0.15, 0.2) is 35.6 Å². The van der Waals surface area contributed by atoms with Crippen LogP contribution < -0.4 is 5.73 Å². The third-order valence-electron chi connectivity index (χ3n) is 2.10. The highest BCUT2D eigenvalue weighted by molar-refractivity contribution is 6.06. The Bertz CT molecular complexity index is 539. The Hall–Kier alpha value is -2.17. The van der Waals surface area contributed by atoms with Crippen molar-refractivity contribution >= 4 is 16.6 Å². The fraction of sp³-hybridized carbons (Fsp3) is 0. The summed E-state index contributed by atoms with van der Waals surface area (Å²) in [6, 6.07) is 6.10. The number of pyridine rings is 1. The molecule has 1 heterocycles. The number of amidine groups is 1. The molecule has 0 saturated heterocycles. The first kappa shape index (κ1) is 9.39. The number of oxime groups is 1. The van der Waals surface area contributed by atoms with Crippen LogP contribution in [0.1, 0.15) is 5.69 Å². The highest BCUT2D eigenvalue weighted by Crippen LogP contribution is 2.19. The summed E-state index contributed by atoms with van der Waals surface area (Å²) < 4.78 is 13.4. The van der Waals surface area contributed by atoms with Gasteiger partial charge in [0, 0.05) is 17.0 Å². The summed E-state index contributed by atoms with van der Waals surface area (Å²) in [5, 5.41) is 12.3. The molecule has 0 fully saturated rings. The molecule has 4 nitrogen and oxygen atoms in total. The summed E-state index contributed by atoms with van der Waals surface area (Å²) in [5.74, 6) is -0.493. The third kappa shape index (κ3) is 1.48. The first-order valence-electron chi connectivity index (χ1n) is 4.25. The normalized spacial score (nSPS) is 11.9. The molecule has 0 unspecified atom stereocenters. The number of halogens is 1. The van der Waals surface area contributed by atoms with Crippen LogP contribution in [-0.4, -0.2) is 16.0 Å². The van der Waals surface area contributed by atoms with Crippen molar-refractivity contribution in [2.45, 2.75) is 0 Å². The van der Waals surface area contributed by atoms with Crippen molar-refractivity contribution < 1.29 is 9.60 Å². The summed E-state index contributed by atoms with van der Waals surface area (Å²) in [6.07, 6.45) is 1.42. The van der Waals surface area contributed by atoms with Crippen LogP contribution in [0.5, 0.6) is 0 Å². The lowest BCUT2D eigenvalue weighted by Gasteiger charge is -2.03. The number of hydrogen-bond donors (Lipinski definition) is 2. The number of fused-ring (bicyclic) bond motifs is 1.